The van der Waals surface area contributed by atoms with Gasteiger partial charge in [0.2, 0.25) is 0 Å². The Balaban J connectivity index is 0.00000121. The van der Waals surface area contributed by atoms with Crippen molar-refractivity contribution in [3.8, 4) is 0 Å². The minimum absolute atomic E-state index is 0. The Morgan fingerprint density at radius 3 is 2.00 bits per heavy atom. The summed E-state index contributed by atoms with van der Waals surface area (Å²) in [5, 5.41) is 10.3. The molecule has 0 fully saturated rings. The summed E-state index contributed by atoms with van der Waals surface area (Å²) < 4.78 is 0. The standard InChI is InChI=1S/C6H3Cl2NO2.Li/c7-3-1-9-2-4(8)5(3)6(10)11;/h1-2H,(H,10,11);/q;+1/p-1. The van der Waals surface area contributed by atoms with Gasteiger partial charge in [-0.2, -0.15) is 0 Å². The van der Waals surface area contributed by atoms with Gasteiger partial charge in [0, 0.05) is 18.0 Å². The van der Waals surface area contributed by atoms with Gasteiger partial charge in [0.05, 0.1) is 16.0 Å². The monoisotopic (exact) mass is 197 g/mol. The smallest absolute Gasteiger partial charge is 0.545 e. The predicted octanol–water partition coefficient (Wildman–Crippen LogP) is -2.24. The number of rotatable bonds is 1. The molecule has 1 aromatic heterocycles. The topological polar surface area (TPSA) is 53.0 Å². The Morgan fingerprint density at radius 2 is 1.75 bits per heavy atom. The molecule has 0 spiro atoms. The summed E-state index contributed by atoms with van der Waals surface area (Å²) in [5.74, 6) is -1.40. The van der Waals surface area contributed by atoms with Crippen LogP contribution in [0.2, 0.25) is 10.0 Å². The molecule has 6 heteroatoms. The van der Waals surface area contributed by atoms with Crippen molar-refractivity contribution in [2.45, 2.75) is 0 Å². The molecular weight excluding hydrogens is 196 g/mol. The van der Waals surface area contributed by atoms with Gasteiger partial charge in [-0.1, -0.05) is 23.2 Å². The van der Waals surface area contributed by atoms with Crippen molar-refractivity contribution in [2.24, 2.45) is 0 Å². The fourth-order valence-corrected chi connectivity index (χ4v) is 1.13. The maximum absolute atomic E-state index is 10.3. The van der Waals surface area contributed by atoms with Crippen LogP contribution in [-0.2, 0) is 0 Å². The number of aromatic nitrogens is 1. The normalized spacial score (nSPS) is 8.83. The second-order valence-corrected chi connectivity index (χ2v) is 2.58. The number of aromatic carboxylic acids is 1. The molecule has 0 amide bonds. The first-order valence-corrected chi connectivity index (χ1v) is 3.39. The fourth-order valence-electron chi connectivity index (χ4n) is 0.606. The first-order chi connectivity index (χ1) is 5.13. The van der Waals surface area contributed by atoms with Gasteiger partial charge in [-0.3, -0.25) is 4.98 Å². The average Bonchev–Trinajstić information content (AvgIpc) is 1.85. The maximum Gasteiger partial charge on any atom is 1.00 e. The van der Waals surface area contributed by atoms with Crippen molar-refractivity contribution in [3.63, 3.8) is 0 Å². The number of carbonyl (C=O) groups is 1. The first kappa shape index (κ1) is 11.8. The maximum atomic E-state index is 10.3. The van der Waals surface area contributed by atoms with Crippen LogP contribution >= 0.6 is 23.2 Å². The Hall–Kier alpha value is -0.203. The van der Waals surface area contributed by atoms with Gasteiger partial charge in [-0.15, -0.1) is 0 Å². The molecule has 0 unspecified atom stereocenters. The van der Waals surface area contributed by atoms with Gasteiger partial charge in [-0.25, -0.2) is 0 Å². The largest absolute Gasteiger partial charge is 1.00 e. The summed E-state index contributed by atoms with van der Waals surface area (Å²) in [6.45, 7) is 0. The summed E-state index contributed by atoms with van der Waals surface area (Å²) in [7, 11) is 0. The van der Waals surface area contributed by atoms with E-state index in [0.29, 0.717) is 0 Å². The Kier molecular flexibility index (Phi) is 4.65. The Bertz CT molecular complexity index is 285. The van der Waals surface area contributed by atoms with Crippen LogP contribution in [0.25, 0.3) is 0 Å². The van der Waals surface area contributed by atoms with E-state index in [2.05, 4.69) is 4.98 Å². The number of carbonyl (C=O) groups excluding carboxylic acids is 1. The molecule has 0 aliphatic rings. The zero-order valence-electron chi connectivity index (χ0n) is 6.17. The minimum atomic E-state index is -1.40. The molecular formula is C6H2Cl2LiNO2. The van der Waals surface area contributed by atoms with Crippen molar-refractivity contribution in [3.05, 3.63) is 28.0 Å². The number of pyridine rings is 1. The van der Waals surface area contributed by atoms with E-state index < -0.39 is 5.97 Å². The van der Waals surface area contributed by atoms with Crippen molar-refractivity contribution >= 4 is 29.2 Å². The molecule has 0 saturated carbocycles. The van der Waals surface area contributed by atoms with Gasteiger partial charge in [-0.05, 0) is 0 Å². The molecule has 1 rings (SSSR count). The van der Waals surface area contributed by atoms with E-state index in [9.17, 15) is 9.90 Å². The van der Waals surface area contributed by atoms with Crippen molar-refractivity contribution in [1.29, 1.82) is 0 Å². The Morgan fingerprint density at radius 1 is 1.33 bits per heavy atom. The van der Waals surface area contributed by atoms with Crippen molar-refractivity contribution in [2.75, 3.05) is 0 Å². The van der Waals surface area contributed by atoms with Crippen LogP contribution in [0.5, 0.6) is 0 Å². The molecule has 0 aromatic carbocycles. The van der Waals surface area contributed by atoms with E-state index in [4.69, 9.17) is 23.2 Å². The molecule has 12 heavy (non-hydrogen) atoms. The summed E-state index contributed by atoms with van der Waals surface area (Å²) in [6, 6.07) is 0. The molecule has 0 bridgehead atoms. The average molecular weight is 198 g/mol. The van der Waals surface area contributed by atoms with Crippen LogP contribution < -0.4 is 24.0 Å². The van der Waals surface area contributed by atoms with Crippen LogP contribution in [0.4, 0.5) is 0 Å². The molecule has 0 aliphatic heterocycles. The number of carboxylic acid groups (broad SMARTS) is 1. The number of carboxylic acids is 1. The molecule has 0 radical (unpaired) electrons. The summed E-state index contributed by atoms with van der Waals surface area (Å²) in [6.07, 6.45) is 2.39. The van der Waals surface area contributed by atoms with E-state index in [0.717, 1.165) is 0 Å². The molecule has 0 saturated heterocycles. The fraction of sp³-hybridized carbons (Fsp3) is 0. The third kappa shape index (κ3) is 2.39. The van der Waals surface area contributed by atoms with Crippen LogP contribution in [-0.4, -0.2) is 11.0 Å². The van der Waals surface area contributed by atoms with Gasteiger partial charge in [0.25, 0.3) is 0 Å². The number of hydrogen-bond donors (Lipinski definition) is 0. The van der Waals surface area contributed by atoms with Crippen molar-refractivity contribution < 1.29 is 28.8 Å². The van der Waals surface area contributed by atoms with E-state index in [1.54, 1.807) is 0 Å². The second-order valence-electron chi connectivity index (χ2n) is 1.77. The third-order valence-electron chi connectivity index (χ3n) is 1.06. The number of nitrogens with zero attached hydrogens (tertiary/aromatic N) is 1. The zero-order chi connectivity index (χ0) is 8.43. The van der Waals surface area contributed by atoms with Gasteiger partial charge >= 0.3 is 18.9 Å². The van der Waals surface area contributed by atoms with E-state index in [1.807, 2.05) is 0 Å². The summed E-state index contributed by atoms with van der Waals surface area (Å²) in [5.41, 5.74) is -0.219. The van der Waals surface area contributed by atoms with Gasteiger partial charge < -0.3 is 9.90 Å². The van der Waals surface area contributed by atoms with E-state index in [-0.39, 0.29) is 34.5 Å². The van der Waals surface area contributed by atoms with Gasteiger partial charge in [0.15, 0.2) is 0 Å². The number of halogens is 2. The molecule has 0 aliphatic carbocycles. The van der Waals surface area contributed by atoms with E-state index in [1.165, 1.54) is 12.4 Å². The minimum Gasteiger partial charge on any atom is -0.545 e. The van der Waals surface area contributed by atoms with Crippen molar-refractivity contribution in [1.82, 2.24) is 4.98 Å². The first-order valence-electron chi connectivity index (χ1n) is 2.63. The molecule has 1 heterocycles. The summed E-state index contributed by atoms with van der Waals surface area (Å²) >= 11 is 10.9. The third-order valence-corrected chi connectivity index (χ3v) is 1.63. The van der Waals surface area contributed by atoms with Crippen LogP contribution in [0, 0.1) is 0 Å². The van der Waals surface area contributed by atoms with Crippen LogP contribution in [0.3, 0.4) is 0 Å². The SMILES string of the molecule is O=C([O-])c1c(Cl)cncc1Cl.[Li+]. The van der Waals surface area contributed by atoms with Gasteiger partial charge in [0.1, 0.15) is 0 Å². The van der Waals surface area contributed by atoms with Crippen LogP contribution in [0.15, 0.2) is 12.4 Å². The quantitative estimate of drug-likeness (QED) is 0.479. The Labute approximate surface area is 90.9 Å². The van der Waals surface area contributed by atoms with Crippen LogP contribution in [0.1, 0.15) is 10.4 Å². The molecule has 0 atom stereocenters. The molecule has 0 N–H and O–H groups in total. The zero-order valence-corrected chi connectivity index (χ0v) is 7.69. The summed E-state index contributed by atoms with van der Waals surface area (Å²) in [4.78, 5) is 13.9. The van der Waals surface area contributed by atoms with E-state index >= 15 is 0 Å². The number of hydrogen-bond acceptors (Lipinski definition) is 3. The second kappa shape index (κ2) is 4.73. The predicted molar refractivity (Wildman–Crippen MR) is 38.6 cm³/mol. The molecule has 3 nitrogen and oxygen atoms in total. The molecule has 1 aromatic rings. The molecule has 58 valence electrons.